The molecule has 5 N–H and O–H groups in total. The lowest BCUT2D eigenvalue weighted by molar-refractivity contribution is -0.277. The molecule has 0 amide bonds. The van der Waals surface area contributed by atoms with Crippen LogP contribution >= 0.6 is 0 Å². The summed E-state index contributed by atoms with van der Waals surface area (Å²) in [6, 6.07) is 0. The van der Waals surface area contributed by atoms with Crippen molar-refractivity contribution in [3.05, 3.63) is 23.0 Å². The fraction of sp³-hybridized carbons (Fsp3) is 0.625. The predicted octanol–water partition coefficient (Wildman–Crippen LogP) is -0.177. The van der Waals surface area contributed by atoms with Crippen LogP contribution in [-0.2, 0) is 33.5 Å². The highest BCUT2D eigenvalue weighted by atomic mass is 16.7. The Bertz CT molecular complexity index is 1050. The second-order valence-electron chi connectivity index (χ2n) is 8.77. The molecule has 0 bridgehead atoms. The zero-order valence-corrected chi connectivity index (χ0v) is 19.7. The third-order valence-electron chi connectivity index (χ3n) is 6.70. The summed E-state index contributed by atoms with van der Waals surface area (Å²) in [5, 5.41) is 50.7. The predicted molar refractivity (Wildman–Crippen MR) is 120 cm³/mol. The normalized spacial score (nSPS) is 28.5. The van der Waals surface area contributed by atoms with Crippen LogP contribution in [0.4, 0.5) is 0 Å². The van der Waals surface area contributed by atoms with Crippen molar-refractivity contribution in [2.24, 2.45) is 5.92 Å². The molecule has 6 unspecified atom stereocenters. The molecule has 1 saturated heterocycles. The second-order valence-corrected chi connectivity index (χ2v) is 8.77. The molecule has 194 valence electrons. The van der Waals surface area contributed by atoms with Gasteiger partial charge in [0.15, 0.2) is 11.3 Å². The van der Waals surface area contributed by atoms with Crippen molar-refractivity contribution >= 4 is 16.9 Å². The first-order valence-electron chi connectivity index (χ1n) is 11.7. The number of aliphatic hydroxyl groups is 5. The summed E-state index contributed by atoms with van der Waals surface area (Å²) < 4.78 is 28.3. The molecule has 1 aromatic heterocycles. The lowest BCUT2D eigenvalue weighted by atomic mass is 9.81. The molecule has 11 heteroatoms. The topological polar surface area (TPSA) is 168 Å². The zero-order chi connectivity index (χ0) is 25.3. The van der Waals surface area contributed by atoms with Crippen molar-refractivity contribution in [3.63, 3.8) is 0 Å². The van der Waals surface area contributed by atoms with E-state index in [1.54, 1.807) is 13.2 Å². The van der Waals surface area contributed by atoms with Crippen LogP contribution in [0.25, 0.3) is 11.0 Å². The number of benzene rings is 1. The largest absolute Gasteiger partial charge is 0.490 e. The van der Waals surface area contributed by atoms with Crippen LogP contribution in [0.1, 0.15) is 30.0 Å². The van der Waals surface area contributed by atoms with E-state index in [0.717, 1.165) is 16.5 Å². The maximum Gasteiger partial charge on any atom is 0.309 e. The van der Waals surface area contributed by atoms with Crippen LogP contribution in [0, 0.1) is 5.92 Å². The number of carbonyl (C=O) groups is 1. The third kappa shape index (κ3) is 4.59. The van der Waals surface area contributed by atoms with E-state index < -0.39 is 43.2 Å². The second kappa shape index (κ2) is 10.7. The number of rotatable bonds is 8. The smallest absolute Gasteiger partial charge is 0.309 e. The average molecular weight is 497 g/mol. The Hall–Kier alpha value is -2.41. The van der Waals surface area contributed by atoms with Gasteiger partial charge < -0.3 is 48.9 Å². The molecule has 0 saturated carbocycles. The summed E-state index contributed by atoms with van der Waals surface area (Å²) in [6.07, 6.45) is -4.19. The summed E-state index contributed by atoms with van der Waals surface area (Å²) in [7, 11) is 1.42. The van der Waals surface area contributed by atoms with Gasteiger partial charge in [0.05, 0.1) is 32.5 Å². The molecular weight excluding hydrogens is 464 g/mol. The highest BCUT2D eigenvalue weighted by molar-refractivity contribution is 5.94. The fourth-order valence-electron chi connectivity index (χ4n) is 4.94. The van der Waals surface area contributed by atoms with Crippen molar-refractivity contribution in [1.29, 1.82) is 0 Å². The van der Waals surface area contributed by atoms with E-state index >= 15 is 0 Å². The SMILES string of the molecule is CCOC(=O)C1CCc2c(c(OC3OC(CO)C(O)C(O)C3O)c(OC)c3occ(CCO)c23)C1. The molecule has 1 aliphatic heterocycles. The van der Waals surface area contributed by atoms with Gasteiger partial charge in [-0.3, -0.25) is 4.79 Å². The van der Waals surface area contributed by atoms with Crippen molar-refractivity contribution in [2.45, 2.75) is 63.3 Å². The number of methoxy groups -OCH3 is 1. The quantitative estimate of drug-likeness (QED) is 0.308. The Kier molecular flexibility index (Phi) is 7.84. The molecule has 1 fully saturated rings. The lowest BCUT2D eigenvalue weighted by Crippen LogP contribution is -2.60. The summed E-state index contributed by atoms with van der Waals surface area (Å²) in [5.74, 6) is -0.406. The third-order valence-corrected chi connectivity index (χ3v) is 6.70. The van der Waals surface area contributed by atoms with Crippen LogP contribution in [0.3, 0.4) is 0 Å². The maximum atomic E-state index is 12.6. The van der Waals surface area contributed by atoms with Gasteiger partial charge in [-0.1, -0.05) is 0 Å². The maximum absolute atomic E-state index is 12.6. The van der Waals surface area contributed by atoms with E-state index in [0.29, 0.717) is 30.4 Å². The van der Waals surface area contributed by atoms with Crippen molar-refractivity contribution < 1.29 is 53.7 Å². The van der Waals surface area contributed by atoms with Crippen LogP contribution < -0.4 is 9.47 Å². The Morgan fingerprint density at radius 2 is 1.89 bits per heavy atom. The van der Waals surface area contributed by atoms with Gasteiger partial charge in [-0.05, 0) is 38.2 Å². The number of carbonyl (C=O) groups excluding carboxylic acids is 1. The van der Waals surface area contributed by atoms with Gasteiger partial charge in [0.1, 0.15) is 24.4 Å². The monoisotopic (exact) mass is 496 g/mol. The minimum atomic E-state index is -1.63. The molecule has 11 nitrogen and oxygen atoms in total. The van der Waals surface area contributed by atoms with Gasteiger partial charge in [0, 0.05) is 23.1 Å². The molecular formula is C24H32O11. The molecule has 2 aromatic rings. The van der Waals surface area contributed by atoms with Crippen LogP contribution in [0.2, 0.25) is 0 Å². The Labute approximate surface area is 201 Å². The van der Waals surface area contributed by atoms with Crippen LogP contribution in [0.15, 0.2) is 10.7 Å². The molecule has 1 aliphatic carbocycles. The molecule has 6 atom stereocenters. The molecule has 2 heterocycles. The molecule has 35 heavy (non-hydrogen) atoms. The van der Waals surface area contributed by atoms with Gasteiger partial charge >= 0.3 is 5.97 Å². The number of aryl methyl sites for hydroxylation is 1. The molecule has 1 aromatic carbocycles. The van der Waals surface area contributed by atoms with Gasteiger partial charge in [-0.15, -0.1) is 0 Å². The fourth-order valence-corrected chi connectivity index (χ4v) is 4.94. The Morgan fingerprint density at radius 1 is 1.11 bits per heavy atom. The minimum absolute atomic E-state index is 0.0830. The number of esters is 1. The zero-order valence-electron chi connectivity index (χ0n) is 19.7. The van der Waals surface area contributed by atoms with Crippen molar-refractivity contribution in [2.75, 3.05) is 26.9 Å². The van der Waals surface area contributed by atoms with Crippen LogP contribution in [0.5, 0.6) is 11.5 Å². The number of hydrogen-bond acceptors (Lipinski definition) is 11. The number of ether oxygens (including phenoxy) is 4. The number of hydrogen-bond donors (Lipinski definition) is 5. The summed E-state index contributed by atoms with van der Waals surface area (Å²) in [6.45, 7) is 1.30. The molecule has 0 radical (unpaired) electrons. The summed E-state index contributed by atoms with van der Waals surface area (Å²) >= 11 is 0. The van der Waals surface area contributed by atoms with Crippen LogP contribution in [-0.4, -0.2) is 89.1 Å². The molecule has 4 rings (SSSR count). The van der Waals surface area contributed by atoms with Gasteiger partial charge in [-0.25, -0.2) is 0 Å². The number of fused-ring (bicyclic) bond motifs is 3. The van der Waals surface area contributed by atoms with E-state index in [-0.39, 0.29) is 37.1 Å². The Morgan fingerprint density at radius 3 is 2.54 bits per heavy atom. The lowest BCUT2D eigenvalue weighted by Gasteiger charge is -2.40. The van der Waals surface area contributed by atoms with Crippen molar-refractivity contribution in [1.82, 2.24) is 0 Å². The first-order chi connectivity index (χ1) is 16.9. The van der Waals surface area contributed by atoms with E-state index in [9.17, 15) is 30.3 Å². The Balaban J connectivity index is 1.83. The van der Waals surface area contributed by atoms with E-state index in [2.05, 4.69) is 0 Å². The van der Waals surface area contributed by atoms with Gasteiger partial charge in [-0.2, -0.15) is 0 Å². The standard InChI is InChI=1S/C24H32O11/c1-3-32-23(30)11-4-5-13-14(8-11)20(22(31-2)21-16(13)12(6-7-25)10-33-21)35-24-19(29)18(28)17(27)15(9-26)34-24/h10-11,15,17-19,24-29H,3-9H2,1-2H3. The summed E-state index contributed by atoms with van der Waals surface area (Å²) in [5.41, 5.74) is 2.66. The highest BCUT2D eigenvalue weighted by Gasteiger charge is 2.46. The van der Waals surface area contributed by atoms with Gasteiger partial charge in [0.25, 0.3) is 0 Å². The first-order valence-corrected chi connectivity index (χ1v) is 11.7. The van der Waals surface area contributed by atoms with E-state index in [1.165, 1.54) is 7.11 Å². The first kappa shape index (κ1) is 25.7. The summed E-state index contributed by atoms with van der Waals surface area (Å²) in [4.78, 5) is 12.6. The molecule has 2 aliphatic rings. The van der Waals surface area contributed by atoms with E-state index in [1.807, 2.05) is 0 Å². The minimum Gasteiger partial charge on any atom is -0.490 e. The van der Waals surface area contributed by atoms with E-state index in [4.69, 9.17) is 23.4 Å². The highest BCUT2D eigenvalue weighted by Crippen LogP contribution is 2.48. The number of furan rings is 1. The molecule has 0 spiro atoms. The number of aliphatic hydroxyl groups excluding tert-OH is 5. The average Bonchev–Trinajstić information content (AvgIpc) is 3.28. The van der Waals surface area contributed by atoms with Gasteiger partial charge in [0.2, 0.25) is 12.0 Å². The van der Waals surface area contributed by atoms with Crippen molar-refractivity contribution in [3.8, 4) is 11.5 Å².